The summed E-state index contributed by atoms with van der Waals surface area (Å²) in [6.07, 6.45) is 0.868. The number of aryl methyl sites for hydroxylation is 1. The van der Waals surface area contributed by atoms with Gasteiger partial charge in [0.05, 0.1) is 19.1 Å². The van der Waals surface area contributed by atoms with Gasteiger partial charge in [0.15, 0.2) is 23.0 Å². The van der Waals surface area contributed by atoms with Crippen LogP contribution in [0.1, 0.15) is 18.7 Å². The lowest BCUT2D eigenvalue weighted by Gasteiger charge is -2.30. The number of rotatable bonds is 6. The van der Waals surface area contributed by atoms with Gasteiger partial charge in [-0.05, 0) is 43.2 Å². The van der Waals surface area contributed by atoms with E-state index in [2.05, 4.69) is 10.3 Å². The number of anilines is 1. The first kappa shape index (κ1) is 22.1. The number of oxazole rings is 1. The number of benzene rings is 2. The third-order valence-electron chi connectivity index (χ3n) is 5.58. The van der Waals surface area contributed by atoms with Gasteiger partial charge in [0.1, 0.15) is 5.52 Å². The van der Waals surface area contributed by atoms with Crippen molar-refractivity contribution >= 4 is 32.7 Å². The molecule has 1 N–H and O–H groups in total. The lowest BCUT2D eigenvalue weighted by atomic mass is 9.97. The highest BCUT2D eigenvalue weighted by molar-refractivity contribution is 7.89. The van der Waals surface area contributed by atoms with Gasteiger partial charge in [-0.1, -0.05) is 0 Å². The lowest BCUT2D eigenvalue weighted by molar-refractivity contribution is -0.120. The van der Waals surface area contributed by atoms with E-state index in [1.807, 2.05) is 0 Å². The Kier molecular flexibility index (Phi) is 6.07. The minimum atomic E-state index is -3.70. The fourth-order valence-electron chi connectivity index (χ4n) is 3.85. The van der Waals surface area contributed by atoms with Crippen LogP contribution in [-0.2, 0) is 14.8 Å². The molecule has 4 rings (SSSR count). The Hall–Kier alpha value is -3.11. The molecular weight excluding hydrogens is 434 g/mol. The molecule has 32 heavy (non-hydrogen) atoms. The Labute approximate surface area is 186 Å². The molecule has 0 unspecified atom stereocenters. The van der Waals surface area contributed by atoms with Crippen LogP contribution in [0.3, 0.4) is 0 Å². The number of aromatic nitrogens is 1. The van der Waals surface area contributed by atoms with Crippen molar-refractivity contribution < 1.29 is 27.1 Å². The second-order valence-electron chi connectivity index (χ2n) is 7.60. The van der Waals surface area contributed by atoms with Gasteiger partial charge < -0.3 is 19.2 Å². The zero-order valence-electron chi connectivity index (χ0n) is 18.1. The number of amides is 1. The summed E-state index contributed by atoms with van der Waals surface area (Å²) in [5.74, 6) is 0.962. The molecule has 10 heteroatoms. The summed E-state index contributed by atoms with van der Waals surface area (Å²) in [6.45, 7) is 2.29. The van der Waals surface area contributed by atoms with Gasteiger partial charge in [0, 0.05) is 37.7 Å². The smallest absolute Gasteiger partial charge is 0.243 e. The number of ether oxygens (including phenoxy) is 2. The molecule has 1 saturated heterocycles. The average molecular weight is 460 g/mol. The molecule has 170 valence electrons. The predicted octanol–water partition coefficient (Wildman–Crippen LogP) is 3.19. The number of carbonyl (C=O) groups excluding carboxylic acids is 1. The maximum Gasteiger partial charge on any atom is 0.243 e. The predicted molar refractivity (Wildman–Crippen MR) is 118 cm³/mol. The van der Waals surface area contributed by atoms with Crippen molar-refractivity contribution in [3.63, 3.8) is 0 Å². The van der Waals surface area contributed by atoms with Crippen molar-refractivity contribution in [3.8, 4) is 11.5 Å². The number of carbonyl (C=O) groups is 1. The van der Waals surface area contributed by atoms with Crippen molar-refractivity contribution in [2.45, 2.75) is 24.7 Å². The number of piperidine rings is 1. The molecule has 3 aromatic rings. The molecule has 0 aliphatic carbocycles. The van der Waals surface area contributed by atoms with Gasteiger partial charge in [0.2, 0.25) is 15.9 Å². The van der Waals surface area contributed by atoms with E-state index >= 15 is 0 Å². The standard InChI is InChI=1S/C22H25N3O6S/c1-14-23-18-12-16(4-6-19(18)31-14)24-22(26)15-8-10-25(11-9-15)32(27,28)17-5-7-20(29-2)21(13-17)30-3/h4-7,12-13,15H,8-11H2,1-3H3,(H,24,26). The van der Waals surface area contributed by atoms with Crippen molar-refractivity contribution in [1.29, 1.82) is 0 Å². The molecule has 9 nitrogen and oxygen atoms in total. The first-order chi connectivity index (χ1) is 15.3. The van der Waals surface area contributed by atoms with E-state index in [0.29, 0.717) is 47.0 Å². The molecule has 1 aromatic heterocycles. The number of hydrogen-bond donors (Lipinski definition) is 1. The largest absolute Gasteiger partial charge is 0.493 e. The normalized spacial score (nSPS) is 15.6. The number of methoxy groups -OCH3 is 2. The fraction of sp³-hybridized carbons (Fsp3) is 0.364. The Morgan fingerprint density at radius 3 is 2.50 bits per heavy atom. The van der Waals surface area contributed by atoms with E-state index in [1.54, 1.807) is 31.2 Å². The van der Waals surface area contributed by atoms with Crippen molar-refractivity contribution in [3.05, 3.63) is 42.3 Å². The average Bonchev–Trinajstić information content (AvgIpc) is 3.17. The number of nitrogens with zero attached hydrogens (tertiary/aromatic N) is 2. The second kappa shape index (κ2) is 8.79. The quantitative estimate of drug-likeness (QED) is 0.603. The summed E-state index contributed by atoms with van der Waals surface area (Å²) in [4.78, 5) is 17.1. The zero-order valence-corrected chi connectivity index (χ0v) is 18.9. The monoisotopic (exact) mass is 459 g/mol. The third kappa shape index (κ3) is 4.28. The van der Waals surface area contributed by atoms with Gasteiger partial charge in [0.25, 0.3) is 0 Å². The van der Waals surface area contributed by atoms with E-state index in [-0.39, 0.29) is 29.8 Å². The highest BCUT2D eigenvalue weighted by Crippen LogP contribution is 2.32. The van der Waals surface area contributed by atoms with Crippen LogP contribution in [0.4, 0.5) is 5.69 Å². The minimum Gasteiger partial charge on any atom is -0.493 e. The Balaban J connectivity index is 1.41. The summed E-state index contributed by atoms with van der Waals surface area (Å²) < 4.78 is 43.4. The van der Waals surface area contributed by atoms with Crippen LogP contribution in [0.25, 0.3) is 11.1 Å². The van der Waals surface area contributed by atoms with Crippen molar-refractivity contribution in [2.24, 2.45) is 5.92 Å². The van der Waals surface area contributed by atoms with Gasteiger partial charge in [-0.3, -0.25) is 4.79 Å². The summed E-state index contributed by atoms with van der Waals surface area (Å²) in [7, 11) is -0.751. The van der Waals surface area contributed by atoms with E-state index in [1.165, 1.54) is 30.7 Å². The van der Waals surface area contributed by atoms with E-state index in [4.69, 9.17) is 13.9 Å². The molecule has 0 bridgehead atoms. The van der Waals surface area contributed by atoms with Crippen molar-refractivity contribution in [1.82, 2.24) is 9.29 Å². The summed E-state index contributed by atoms with van der Waals surface area (Å²) >= 11 is 0. The van der Waals surface area contributed by atoms with Crippen LogP contribution >= 0.6 is 0 Å². The third-order valence-corrected chi connectivity index (χ3v) is 7.47. The fourth-order valence-corrected chi connectivity index (χ4v) is 5.33. The topological polar surface area (TPSA) is 111 Å². The number of nitrogens with one attached hydrogen (secondary N) is 1. The van der Waals surface area contributed by atoms with Gasteiger partial charge in [-0.25, -0.2) is 13.4 Å². The second-order valence-corrected chi connectivity index (χ2v) is 9.54. The van der Waals surface area contributed by atoms with E-state index in [0.717, 1.165) is 0 Å². The Morgan fingerprint density at radius 2 is 1.81 bits per heavy atom. The zero-order chi connectivity index (χ0) is 22.9. The van der Waals surface area contributed by atoms with Gasteiger partial charge >= 0.3 is 0 Å². The van der Waals surface area contributed by atoms with Gasteiger partial charge in [-0.15, -0.1) is 0 Å². The molecule has 0 radical (unpaired) electrons. The Morgan fingerprint density at radius 1 is 1.09 bits per heavy atom. The van der Waals surface area contributed by atoms with Crippen molar-refractivity contribution in [2.75, 3.05) is 32.6 Å². The number of hydrogen-bond acceptors (Lipinski definition) is 7. The maximum absolute atomic E-state index is 13.1. The molecule has 1 amide bonds. The maximum atomic E-state index is 13.1. The Bertz CT molecular complexity index is 1250. The highest BCUT2D eigenvalue weighted by Gasteiger charge is 2.32. The first-order valence-electron chi connectivity index (χ1n) is 10.2. The van der Waals surface area contributed by atoms with E-state index in [9.17, 15) is 13.2 Å². The first-order valence-corrected chi connectivity index (χ1v) is 11.7. The SMILES string of the molecule is COc1ccc(S(=O)(=O)N2CCC(C(=O)Nc3ccc4oc(C)nc4c3)CC2)cc1OC. The molecule has 0 saturated carbocycles. The van der Waals surface area contributed by atoms with Crippen LogP contribution in [0, 0.1) is 12.8 Å². The highest BCUT2D eigenvalue weighted by atomic mass is 32.2. The summed E-state index contributed by atoms with van der Waals surface area (Å²) in [5, 5.41) is 2.91. The van der Waals surface area contributed by atoms with Crippen LogP contribution in [0.2, 0.25) is 0 Å². The molecule has 2 heterocycles. The lowest BCUT2D eigenvalue weighted by Crippen LogP contribution is -2.41. The van der Waals surface area contributed by atoms with E-state index < -0.39 is 10.0 Å². The molecule has 1 fully saturated rings. The van der Waals surface area contributed by atoms with Crippen LogP contribution < -0.4 is 14.8 Å². The molecule has 1 aliphatic heterocycles. The molecule has 2 aromatic carbocycles. The van der Waals surface area contributed by atoms with Gasteiger partial charge in [-0.2, -0.15) is 4.31 Å². The van der Waals surface area contributed by atoms with Crippen LogP contribution in [0.15, 0.2) is 45.7 Å². The summed E-state index contributed by atoms with van der Waals surface area (Å²) in [6, 6.07) is 9.82. The molecule has 1 aliphatic rings. The number of sulfonamides is 1. The van der Waals surface area contributed by atoms with Crippen LogP contribution in [0.5, 0.6) is 11.5 Å². The molecular formula is C22H25N3O6S. The minimum absolute atomic E-state index is 0.132. The number of fused-ring (bicyclic) bond motifs is 1. The van der Waals surface area contributed by atoms with Crippen LogP contribution in [-0.4, -0.2) is 50.9 Å². The molecule has 0 spiro atoms. The summed E-state index contributed by atoms with van der Waals surface area (Å²) in [5.41, 5.74) is 1.97. The molecule has 0 atom stereocenters.